The molecule has 0 unspecified atom stereocenters. The predicted octanol–water partition coefficient (Wildman–Crippen LogP) is 3.10. The van der Waals surface area contributed by atoms with Crippen LogP contribution in [-0.2, 0) is 13.1 Å². The molecule has 3 nitrogen and oxygen atoms in total. The summed E-state index contributed by atoms with van der Waals surface area (Å²) in [6.45, 7) is 5.12. The third kappa shape index (κ3) is 2.67. The van der Waals surface area contributed by atoms with Gasteiger partial charge in [-0.15, -0.1) is 0 Å². The molecule has 2 rings (SSSR count). The van der Waals surface area contributed by atoms with Crippen LogP contribution >= 0.6 is 0 Å². The van der Waals surface area contributed by atoms with Gasteiger partial charge >= 0.3 is 0 Å². The van der Waals surface area contributed by atoms with Gasteiger partial charge in [-0.3, -0.25) is 4.68 Å². The van der Waals surface area contributed by atoms with Crippen molar-refractivity contribution in [1.29, 1.82) is 0 Å². The lowest BCUT2D eigenvalue weighted by Gasteiger charge is -2.08. The van der Waals surface area contributed by atoms with Gasteiger partial charge in [0.1, 0.15) is 11.6 Å². The second kappa shape index (κ2) is 5.16. The number of hydrogen-bond donors (Lipinski definition) is 1. The van der Waals surface area contributed by atoms with E-state index in [9.17, 15) is 8.78 Å². The zero-order chi connectivity index (χ0) is 13.1. The maximum Gasteiger partial charge on any atom is 0.149 e. The van der Waals surface area contributed by atoms with Crippen LogP contribution in [0.1, 0.15) is 18.3 Å². The van der Waals surface area contributed by atoms with Crippen molar-refractivity contribution in [1.82, 2.24) is 9.78 Å². The molecular formula is C13H15F2N3. The first-order valence-electron chi connectivity index (χ1n) is 5.82. The van der Waals surface area contributed by atoms with Gasteiger partial charge in [-0.2, -0.15) is 5.10 Å². The summed E-state index contributed by atoms with van der Waals surface area (Å²) in [5.74, 6) is -1.17. The molecule has 96 valence electrons. The van der Waals surface area contributed by atoms with Crippen molar-refractivity contribution < 1.29 is 8.78 Å². The number of nitrogens with zero attached hydrogens (tertiary/aromatic N) is 2. The van der Waals surface area contributed by atoms with E-state index >= 15 is 0 Å². The number of hydrogen-bond acceptors (Lipinski definition) is 2. The van der Waals surface area contributed by atoms with Gasteiger partial charge in [-0.05, 0) is 32.0 Å². The molecule has 1 aromatic carbocycles. The molecule has 5 heteroatoms. The van der Waals surface area contributed by atoms with Crippen LogP contribution in [0.2, 0.25) is 0 Å². The molecule has 1 aromatic heterocycles. The van der Waals surface area contributed by atoms with Crippen molar-refractivity contribution in [3.05, 3.63) is 47.3 Å². The maximum atomic E-state index is 13.4. The number of nitrogens with one attached hydrogen (secondary N) is 1. The van der Waals surface area contributed by atoms with Gasteiger partial charge in [-0.1, -0.05) is 0 Å². The molecule has 0 amide bonds. The van der Waals surface area contributed by atoms with E-state index in [1.54, 1.807) is 0 Å². The Morgan fingerprint density at radius 3 is 2.72 bits per heavy atom. The van der Waals surface area contributed by atoms with Crippen LogP contribution in [0.5, 0.6) is 0 Å². The second-order valence-corrected chi connectivity index (χ2v) is 4.07. The summed E-state index contributed by atoms with van der Waals surface area (Å²) in [7, 11) is 0. The molecule has 1 N–H and O–H groups in total. The van der Waals surface area contributed by atoms with Crippen LogP contribution in [0, 0.1) is 18.6 Å². The highest BCUT2D eigenvalue weighted by atomic mass is 19.1. The fourth-order valence-electron chi connectivity index (χ4n) is 1.83. The average Bonchev–Trinajstić information content (AvgIpc) is 2.68. The van der Waals surface area contributed by atoms with E-state index in [0.717, 1.165) is 24.0 Å². The summed E-state index contributed by atoms with van der Waals surface area (Å²) in [6.07, 6.45) is 0. The molecule has 0 fully saturated rings. The quantitative estimate of drug-likeness (QED) is 0.904. The summed E-state index contributed by atoms with van der Waals surface area (Å²) in [6, 6.07) is 5.43. The number of benzene rings is 1. The van der Waals surface area contributed by atoms with Gasteiger partial charge in [0.25, 0.3) is 0 Å². The van der Waals surface area contributed by atoms with Gasteiger partial charge < -0.3 is 5.32 Å². The van der Waals surface area contributed by atoms with E-state index in [-0.39, 0.29) is 5.69 Å². The van der Waals surface area contributed by atoms with E-state index in [4.69, 9.17) is 0 Å². The highest BCUT2D eigenvalue weighted by molar-refractivity contribution is 5.44. The molecule has 1 heterocycles. The third-order valence-electron chi connectivity index (χ3n) is 2.68. The Kier molecular flexibility index (Phi) is 3.60. The maximum absolute atomic E-state index is 13.4. The Morgan fingerprint density at radius 2 is 2.06 bits per heavy atom. The Morgan fingerprint density at radius 1 is 1.28 bits per heavy atom. The molecule has 0 saturated heterocycles. The zero-order valence-corrected chi connectivity index (χ0v) is 10.4. The van der Waals surface area contributed by atoms with Crippen molar-refractivity contribution in [3.63, 3.8) is 0 Å². The summed E-state index contributed by atoms with van der Waals surface area (Å²) < 4.78 is 28.0. The second-order valence-electron chi connectivity index (χ2n) is 4.07. The Hall–Kier alpha value is -1.91. The molecule has 0 aliphatic carbocycles. The van der Waals surface area contributed by atoms with E-state index in [2.05, 4.69) is 10.4 Å². The predicted molar refractivity (Wildman–Crippen MR) is 66.3 cm³/mol. The van der Waals surface area contributed by atoms with Gasteiger partial charge in [0.15, 0.2) is 0 Å². The van der Waals surface area contributed by atoms with Crippen molar-refractivity contribution in [2.45, 2.75) is 26.9 Å². The Bertz CT molecular complexity index is 549. The van der Waals surface area contributed by atoms with Crippen molar-refractivity contribution in [2.24, 2.45) is 0 Å². The van der Waals surface area contributed by atoms with E-state index in [1.807, 2.05) is 24.6 Å². The minimum Gasteiger partial charge on any atom is -0.377 e. The average molecular weight is 251 g/mol. The topological polar surface area (TPSA) is 29.9 Å². The van der Waals surface area contributed by atoms with Crippen LogP contribution in [0.4, 0.5) is 14.5 Å². The van der Waals surface area contributed by atoms with Crippen LogP contribution in [0.25, 0.3) is 0 Å². The van der Waals surface area contributed by atoms with Crippen LogP contribution in [0.15, 0.2) is 24.3 Å². The normalized spacial score (nSPS) is 10.7. The molecule has 0 spiro atoms. The molecule has 0 atom stereocenters. The van der Waals surface area contributed by atoms with Crippen LogP contribution in [-0.4, -0.2) is 9.78 Å². The smallest absolute Gasteiger partial charge is 0.149 e. The van der Waals surface area contributed by atoms with E-state index in [1.165, 1.54) is 12.1 Å². The monoisotopic (exact) mass is 251 g/mol. The largest absolute Gasteiger partial charge is 0.377 e. The SMILES string of the molecule is CCn1nc(C)cc1CNc1ccc(F)cc1F. The first-order chi connectivity index (χ1) is 8.60. The highest BCUT2D eigenvalue weighted by Gasteiger charge is 2.06. The van der Waals surface area contributed by atoms with Crippen LogP contribution < -0.4 is 5.32 Å². The van der Waals surface area contributed by atoms with Gasteiger partial charge in [0.05, 0.1) is 23.6 Å². The summed E-state index contributed by atoms with van der Waals surface area (Å²) >= 11 is 0. The molecule has 0 aliphatic heterocycles. The van der Waals surface area contributed by atoms with Gasteiger partial charge in [0.2, 0.25) is 0 Å². The Labute approximate surface area is 104 Å². The minimum absolute atomic E-state index is 0.290. The molecule has 0 radical (unpaired) electrons. The lowest BCUT2D eigenvalue weighted by molar-refractivity contribution is 0.584. The minimum atomic E-state index is -0.589. The molecule has 0 bridgehead atoms. The Balaban J connectivity index is 2.11. The van der Waals surface area contributed by atoms with Crippen LogP contribution in [0.3, 0.4) is 0 Å². The van der Waals surface area contributed by atoms with E-state index < -0.39 is 11.6 Å². The molecular weight excluding hydrogens is 236 g/mol. The molecule has 18 heavy (non-hydrogen) atoms. The van der Waals surface area contributed by atoms with E-state index in [0.29, 0.717) is 6.54 Å². The number of aryl methyl sites for hydroxylation is 2. The van der Waals surface area contributed by atoms with Crippen molar-refractivity contribution in [2.75, 3.05) is 5.32 Å². The number of halogens is 2. The number of anilines is 1. The fraction of sp³-hybridized carbons (Fsp3) is 0.308. The van der Waals surface area contributed by atoms with Crippen molar-refractivity contribution >= 4 is 5.69 Å². The third-order valence-corrected chi connectivity index (χ3v) is 2.68. The molecule has 0 aliphatic rings. The lowest BCUT2D eigenvalue weighted by Crippen LogP contribution is -2.08. The lowest BCUT2D eigenvalue weighted by atomic mass is 10.3. The van der Waals surface area contributed by atoms with Gasteiger partial charge in [-0.25, -0.2) is 8.78 Å². The zero-order valence-electron chi connectivity index (χ0n) is 10.4. The molecule has 0 saturated carbocycles. The summed E-state index contributed by atoms with van der Waals surface area (Å²) in [4.78, 5) is 0. The summed E-state index contributed by atoms with van der Waals surface area (Å²) in [5.41, 5.74) is 2.19. The highest BCUT2D eigenvalue weighted by Crippen LogP contribution is 2.16. The molecule has 2 aromatic rings. The fourth-order valence-corrected chi connectivity index (χ4v) is 1.83. The first-order valence-corrected chi connectivity index (χ1v) is 5.82. The summed E-state index contributed by atoms with van der Waals surface area (Å²) in [5, 5.41) is 7.24. The standard InChI is InChI=1S/C13H15F2N3/c1-3-18-11(6-9(2)17-18)8-16-13-5-4-10(14)7-12(13)15/h4-7,16H,3,8H2,1-2H3. The van der Waals surface area contributed by atoms with Gasteiger partial charge in [0, 0.05) is 12.6 Å². The van der Waals surface area contributed by atoms with Crippen molar-refractivity contribution in [3.8, 4) is 0 Å². The number of rotatable bonds is 4. The number of aromatic nitrogens is 2. The first kappa shape index (κ1) is 12.5.